The van der Waals surface area contributed by atoms with Crippen molar-refractivity contribution in [2.75, 3.05) is 6.54 Å². The van der Waals surface area contributed by atoms with E-state index in [0.717, 1.165) is 25.2 Å². The van der Waals surface area contributed by atoms with Crippen LogP contribution in [-0.4, -0.2) is 16.5 Å². The first-order valence-electron chi connectivity index (χ1n) is 6.66. The molecule has 3 nitrogen and oxygen atoms in total. The zero-order chi connectivity index (χ0) is 12.6. The first-order chi connectivity index (χ1) is 8.90. The van der Waals surface area contributed by atoms with Gasteiger partial charge in [-0.25, -0.2) is 4.98 Å². The number of aromatic amines is 1. The van der Waals surface area contributed by atoms with Crippen LogP contribution in [0.2, 0.25) is 0 Å². The number of imidazole rings is 1. The zero-order valence-electron chi connectivity index (χ0n) is 10.9. The predicted octanol–water partition coefficient (Wildman–Crippen LogP) is 3.08. The van der Waals surface area contributed by atoms with Crippen molar-refractivity contribution in [1.82, 2.24) is 15.3 Å². The Bertz CT molecular complexity index is 422. The molecule has 0 saturated carbocycles. The second-order valence-corrected chi connectivity index (χ2v) is 4.46. The molecule has 18 heavy (non-hydrogen) atoms. The third kappa shape index (κ3) is 3.70. The molecular formula is C15H21N3. The van der Waals surface area contributed by atoms with Crippen LogP contribution in [0.1, 0.15) is 37.2 Å². The van der Waals surface area contributed by atoms with Crippen molar-refractivity contribution in [2.24, 2.45) is 0 Å². The Morgan fingerprint density at radius 2 is 2.11 bits per heavy atom. The maximum atomic E-state index is 4.34. The van der Waals surface area contributed by atoms with Gasteiger partial charge in [0.05, 0.1) is 6.04 Å². The molecule has 0 spiro atoms. The highest BCUT2D eigenvalue weighted by Gasteiger charge is 2.11. The molecule has 2 aromatic rings. The van der Waals surface area contributed by atoms with Crippen LogP contribution in [-0.2, 0) is 6.42 Å². The van der Waals surface area contributed by atoms with Crippen LogP contribution in [0.5, 0.6) is 0 Å². The minimum atomic E-state index is 0.341. The SMILES string of the molecule is CCNC(CCCc1ccccc1)c1ncc[nH]1. The molecule has 1 aromatic carbocycles. The third-order valence-electron chi connectivity index (χ3n) is 3.10. The standard InChI is InChI=1S/C15H21N3/c1-2-16-14(15-17-11-12-18-15)10-6-9-13-7-4-3-5-8-13/h3-5,7-8,11-12,14,16H,2,6,9-10H2,1H3,(H,17,18). The normalized spacial score (nSPS) is 12.5. The lowest BCUT2D eigenvalue weighted by molar-refractivity contribution is 0.479. The molecule has 0 bridgehead atoms. The summed E-state index contributed by atoms with van der Waals surface area (Å²) in [6.07, 6.45) is 7.11. The molecule has 0 saturated heterocycles. The first kappa shape index (κ1) is 12.8. The lowest BCUT2D eigenvalue weighted by Crippen LogP contribution is -2.22. The maximum Gasteiger partial charge on any atom is 0.123 e. The van der Waals surface area contributed by atoms with Crippen LogP contribution >= 0.6 is 0 Å². The number of hydrogen-bond donors (Lipinski definition) is 2. The molecule has 0 amide bonds. The van der Waals surface area contributed by atoms with E-state index in [1.807, 2.05) is 12.4 Å². The van der Waals surface area contributed by atoms with Crippen molar-refractivity contribution in [3.63, 3.8) is 0 Å². The van der Waals surface area contributed by atoms with E-state index in [1.54, 1.807) is 0 Å². The van der Waals surface area contributed by atoms with E-state index in [4.69, 9.17) is 0 Å². The van der Waals surface area contributed by atoms with Crippen LogP contribution in [0.25, 0.3) is 0 Å². The molecule has 0 radical (unpaired) electrons. The average Bonchev–Trinajstić information content (AvgIpc) is 2.93. The molecule has 3 heteroatoms. The Kier molecular flexibility index (Phi) is 4.97. The van der Waals surface area contributed by atoms with Crippen molar-refractivity contribution in [3.05, 3.63) is 54.1 Å². The van der Waals surface area contributed by atoms with E-state index in [2.05, 4.69) is 52.5 Å². The summed E-state index contributed by atoms with van der Waals surface area (Å²) in [5.74, 6) is 1.05. The molecule has 1 heterocycles. The quantitative estimate of drug-likeness (QED) is 0.784. The van der Waals surface area contributed by atoms with E-state index in [1.165, 1.54) is 12.0 Å². The summed E-state index contributed by atoms with van der Waals surface area (Å²) < 4.78 is 0. The van der Waals surface area contributed by atoms with Crippen molar-refractivity contribution < 1.29 is 0 Å². The van der Waals surface area contributed by atoms with Crippen molar-refractivity contribution in [2.45, 2.75) is 32.2 Å². The Morgan fingerprint density at radius 1 is 1.28 bits per heavy atom. The van der Waals surface area contributed by atoms with Gasteiger partial charge in [0, 0.05) is 12.4 Å². The van der Waals surface area contributed by atoms with Crippen molar-refractivity contribution in [3.8, 4) is 0 Å². The number of aromatic nitrogens is 2. The van der Waals surface area contributed by atoms with Crippen molar-refractivity contribution >= 4 is 0 Å². The van der Waals surface area contributed by atoms with Gasteiger partial charge in [-0.2, -0.15) is 0 Å². The topological polar surface area (TPSA) is 40.7 Å². The molecule has 0 aliphatic heterocycles. The number of benzene rings is 1. The summed E-state index contributed by atoms with van der Waals surface area (Å²) in [5.41, 5.74) is 1.41. The fourth-order valence-corrected chi connectivity index (χ4v) is 2.20. The first-order valence-corrected chi connectivity index (χ1v) is 6.66. The Hall–Kier alpha value is -1.61. The minimum Gasteiger partial charge on any atom is -0.347 e. The van der Waals surface area contributed by atoms with E-state index in [9.17, 15) is 0 Å². The third-order valence-corrected chi connectivity index (χ3v) is 3.10. The number of hydrogen-bond acceptors (Lipinski definition) is 2. The number of H-pyrrole nitrogens is 1. The molecule has 2 N–H and O–H groups in total. The van der Waals surface area contributed by atoms with Crippen LogP contribution in [0.15, 0.2) is 42.7 Å². The van der Waals surface area contributed by atoms with Crippen LogP contribution in [0, 0.1) is 0 Å². The number of rotatable bonds is 7. The highest BCUT2D eigenvalue weighted by molar-refractivity contribution is 5.14. The Labute approximate surface area is 109 Å². The van der Waals surface area contributed by atoms with Crippen LogP contribution < -0.4 is 5.32 Å². The summed E-state index contributed by atoms with van der Waals surface area (Å²) in [4.78, 5) is 7.54. The van der Waals surface area contributed by atoms with Gasteiger partial charge < -0.3 is 10.3 Å². The molecular weight excluding hydrogens is 222 g/mol. The molecule has 1 atom stereocenters. The summed E-state index contributed by atoms with van der Waals surface area (Å²) in [6, 6.07) is 11.0. The molecule has 1 unspecified atom stereocenters. The monoisotopic (exact) mass is 243 g/mol. The van der Waals surface area contributed by atoms with Gasteiger partial charge in [0.25, 0.3) is 0 Å². The Morgan fingerprint density at radius 3 is 2.78 bits per heavy atom. The van der Waals surface area contributed by atoms with E-state index in [-0.39, 0.29) is 0 Å². The highest BCUT2D eigenvalue weighted by atomic mass is 15.0. The molecule has 0 aliphatic carbocycles. The van der Waals surface area contributed by atoms with E-state index >= 15 is 0 Å². The molecule has 2 rings (SSSR count). The zero-order valence-corrected chi connectivity index (χ0v) is 10.9. The van der Waals surface area contributed by atoms with Gasteiger partial charge in [0.15, 0.2) is 0 Å². The molecule has 96 valence electrons. The van der Waals surface area contributed by atoms with Gasteiger partial charge in [-0.15, -0.1) is 0 Å². The average molecular weight is 243 g/mol. The van der Waals surface area contributed by atoms with Gasteiger partial charge in [-0.05, 0) is 31.4 Å². The Balaban J connectivity index is 1.83. The lowest BCUT2D eigenvalue weighted by atomic mass is 10.0. The summed E-state index contributed by atoms with van der Waals surface area (Å²) >= 11 is 0. The smallest absolute Gasteiger partial charge is 0.123 e. The number of nitrogens with zero attached hydrogens (tertiary/aromatic N) is 1. The number of aryl methyl sites for hydroxylation is 1. The summed E-state index contributed by atoms with van der Waals surface area (Å²) in [5, 5.41) is 3.48. The number of nitrogens with one attached hydrogen (secondary N) is 2. The van der Waals surface area contributed by atoms with Gasteiger partial charge in [0.2, 0.25) is 0 Å². The minimum absolute atomic E-state index is 0.341. The molecule has 0 aliphatic rings. The molecule has 1 aromatic heterocycles. The predicted molar refractivity (Wildman–Crippen MR) is 74.4 cm³/mol. The fraction of sp³-hybridized carbons (Fsp3) is 0.400. The van der Waals surface area contributed by atoms with Gasteiger partial charge in [0.1, 0.15) is 5.82 Å². The molecule has 0 fully saturated rings. The fourth-order valence-electron chi connectivity index (χ4n) is 2.20. The second-order valence-electron chi connectivity index (χ2n) is 4.46. The summed E-state index contributed by atoms with van der Waals surface area (Å²) in [6.45, 7) is 3.10. The van der Waals surface area contributed by atoms with E-state index < -0.39 is 0 Å². The maximum absolute atomic E-state index is 4.34. The van der Waals surface area contributed by atoms with Gasteiger partial charge >= 0.3 is 0 Å². The van der Waals surface area contributed by atoms with Crippen LogP contribution in [0.4, 0.5) is 0 Å². The van der Waals surface area contributed by atoms with Crippen LogP contribution in [0.3, 0.4) is 0 Å². The van der Waals surface area contributed by atoms with E-state index in [0.29, 0.717) is 6.04 Å². The van der Waals surface area contributed by atoms with Gasteiger partial charge in [-0.1, -0.05) is 37.3 Å². The van der Waals surface area contributed by atoms with Gasteiger partial charge in [-0.3, -0.25) is 0 Å². The second kappa shape index (κ2) is 6.97. The lowest BCUT2D eigenvalue weighted by Gasteiger charge is -2.15. The van der Waals surface area contributed by atoms with Crippen molar-refractivity contribution in [1.29, 1.82) is 0 Å². The summed E-state index contributed by atoms with van der Waals surface area (Å²) in [7, 11) is 0. The largest absolute Gasteiger partial charge is 0.347 e. The highest BCUT2D eigenvalue weighted by Crippen LogP contribution is 2.16.